The van der Waals surface area contributed by atoms with E-state index in [1.165, 1.54) is 31.5 Å². The molecule has 1 aliphatic heterocycles. The van der Waals surface area contributed by atoms with Gasteiger partial charge in [-0.3, -0.25) is 4.90 Å². The number of hydrogen-bond donors (Lipinski definition) is 1. The summed E-state index contributed by atoms with van der Waals surface area (Å²) in [5, 5.41) is 3.48. The van der Waals surface area contributed by atoms with Gasteiger partial charge in [0.25, 0.3) is 0 Å². The molecule has 110 valence electrons. The molecule has 2 atom stereocenters. The second-order valence-corrected chi connectivity index (χ2v) is 6.86. The fraction of sp³-hybridized carbons (Fsp3) is 0.667. The molecule has 0 saturated carbocycles. The third kappa shape index (κ3) is 2.64. The van der Waals surface area contributed by atoms with Crippen LogP contribution in [0.2, 0.25) is 0 Å². The molecule has 1 fully saturated rings. The molecular weight excluding hydrogens is 244 g/mol. The molecule has 3 rings (SSSR count). The van der Waals surface area contributed by atoms with Crippen LogP contribution >= 0.6 is 0 Å². The molecule has 2 unspecified atom stereocenters. The zero-order valence-electron chi connectivity index (χ0n) is 13.2. The van der Waals surface area contributed by atoms with E-state index in [2.05, 4.69) is 49.2 Å². The molecule has 20 heavy (non-hydrogen) atoms. The number of aryl methyl sites for hydroxylation is 1. The van der Waals surface area contributed by atoms with Gasteiger partial charge in [-0.1, -0.05) is 39.0 Å². The lowest BCUT2D eigenvalue weighted by Crippen LogP contribution is -2.47. The number of piperazine rings is 1. The maximum Gasteiger partial charge on any atom is 0.0377 e. The van der Waals surface area contributed by atoms with E-state index in [9.17, 15) is 0 Å². The molecule has 1 N–H and O–H groups in total. The molecule has 1 aliphatic carbocycles. The summed E-state index contributed by atoms with van der Waals surface area (Å²) in [7, 11) is 0. The number of fused-ring (bicyclic) bond motifs is 1. The molecule has 1 saturated heterocycles. The first-order valence-electron chi connectivity index (χ1n) is 8.24. The predicted octanol–water partition coefficient (Wildman–Crippen LogP) is 3.34. The van der Waals surface area contributed by atoms with Gasteiger partial charge in [0, 0.05) is 32.2 Å². The van der Waals surface area contributed by atoms with E-state index in [1.54, 1.807) is 11.1 Å². The third-order valence-electron chi connectivity index (χ3n) is 5.11. The van der Waals surface area contributed by atoms with Crippen molar-refractivity contribution in [3.63, 3.8) is 0 Å². The largest absolute Gasteiger partial charge is 0.314 e. The molecular formula is C18H28N2. The van der Waals surface area contributed by atoms with Gasteiger partial charge in [-0.05, 0) is 41.4 Å². The van der Waals surface area contributed by atoms with Gasteiger partial charge in [0.2, 0.25) is 0 Å². The number of nitrogens with zero attached hydrogens (tertiary/aromatic N) is 1. The SMILES string of the molecule is CC(C)c1ccc2c(c1)C(N1CCNCC1)C(C)CC2. The molecule has 2 nitrogen and oxygen atoms in total. The van der Waals surface area contributed by atoms with Gasteiger partial charge in [-0.25, -0.2) is 0 Å². The summed E-state index contributed by atoms with van der Waals surface area (Å²) in [6.45, 7) is 11.7. The standard InChI is InChI=1S/C18H28N2/c1-13(2)16-7-6-15-5-4-14(3)18(17(15)12-16)20-10-8-19-9-11-20/h6-7,12-14,18-19H,4-5,8-11H2,1-3H3. The predicted molar refractivity (Wildman–Crippen MR) is 85.2 cm³/mol. The first kappa shape index (κ1) is 14.1. The van der Waals surface area contributed by atoms with Crippen molar-refractivity contribution in [2.75, 3.05) is 26.2 Å². The maximum atomic E-state index is 3.48. The van der Waals surface area contributed by atoms with Crippen LogP contribution in [0.5, 0.6) is 0 Å². The van der Waals surface area contributed by atoms with Crippen LogP contribution in [0, 0.1) is 5.92 Å². The van der Waals surface area contributed by atoms with Crippen LogP contribution in [0.3, 0.4) is 0 Å². The number of rotatable bonds is 2. The molecule has 0 spiro atoms. The molecule has 1 aromatic carbocycles. The lowest BCUT2D eigenvalue weighted by molar-refractivity contribution is 0.119. The average Bonchev–Trinajstić information content (AvgIpc) is 2.47. The highest BCUT2D eigenvalue weighted by molar-refractivity contribution is 5.38. The van der Waals surface area contributed by atoms with Gasteiger partial charge in [0.05, 0.1) is 0 Å². The van der Waals surface area contributed by atoms with E-state index in [1.807, 2.05) is 0 Å². The fourth-order valence-corrected chi connectivity index (χ4v) is 3.84. The number of benzene rings is 1. The average molecular weight is 272 g/mol. The minimum atomic E-state index is 0.626. The Morgan fingerprint density at radius 2 is 1.95 bits per heavy atom. The number of hydrogen-bond acceptors (Lipinski definition) is 2. The zero-order chi connectivity index (χ0) is 14.1. The molecule has 2 aliphatic rings. The second kappa shape index (κ2) is 5.87. The highest BCUT2D eigenvalue weighted by atomic mass is 15.2. The van der Waals surface area contributed by atoms with Gasteiger partial charge >= 0.3 is 0 Å². The van der Waals surface area contributed by atoms with E-state index in [0.717, 1.165) is 19.0 Å². The summed E-state index contributed by atoms with van der Waals surface area (Å²) < 4.78 is 0. The van der Waals surface area contributed by atoms with E-state index >= 15 is 0 Å². The Morgan fingerprint density at radius 3 is 2.65 bits per heavy atom. The van der Waals surface area contributed by atoms with Gasteiger partial charge in [0.15, 0.2) is 0 Å². The Labute approximate surface area is 123 Å². The van der Waals surface area contributed by atoms with E-state index in [0.29, 0.717) is 12.0 Å². The molecule has 2 heteroatoms. The van der Waals surface area contributed by atoms with Crippen molar-refractivity contribution in [3.05, 3.63) is 34.9 Å². The highest BCUT2D eigenvalue weighted by Crippen LogP contribution is 2.39. The molecule has 0 radical (unpaired) electrons. The Kier molecular flexibility index (Phi) is 4.13. The Bertz CT molecular complexity index is 460. The van der Waals surface area contributed by atoms with Crippen molar-refractivity contribution in [3.8, 4) is 0 Å². The summed E-state index contributed by atoms with van der Waals surface area (Å²) in [4.78, 5) is 2.71. The van der Waals surface area contributed by atoms with Crippen molar-refractivity contribution in [2.24, 2.45) is 5.92 Å². The third-order valence-corrected chi connectivity index (χ3v) is 5.11. The van der Waals surface area contributed by atoms with Crippen LogP contribution in [0.1, 0.15) is 55.8 Å². The van der Waals surface area contributed by atoms with E-state index in [-0.39, 0.29) is 0 Å². The van der Waals surface area contributed by atoms with E-state index in [4.69, 9.17) is 0 Å². The second-order valence-electron chi connectivity index (χ2n) is 6.86. The minimum Gasteiger partial charge on any atom is -0.314 e. The monoisotopic (exact) mass is 272 g/mol. The van der Waals surface area contributed by atoms with Gasteiger partial charge < -0.3 is 5.32 Å². The van der Waals surface area contributed by atoms with Gasteiger partial charge in [-0.2, -0.15) is 0 Å². The molecule has 0 bridgehead atoms. The lowest BCUT2D eigenvalue weighted by atomic mass is 9.78. The minimum absolute atomic E-state index is 0.626. The smallest absolute Gasteiger partial charge is 0.0377 e. The van der Waals surface area contributed by atoms with Crippen molar-refractivity contribution in [1.82, 2.24) is 10.2 Å². The first-order chi connectivity index (χ1) is 9.66. The summed E-state index contributed by atoms with van der Waals surface area (Å²) >= 11 is 0. The van der Waals surface area contributed by atoms with E-state index < -0.39 is 0 Å². The highest BCUT2D eigenvalue weighted by Gasteiger charge is 2.32. The van der Waals surface area contributed by atoms with Crippen molar-refractivity contribution >= 4 is 0 Å². The molecule has 1 heterocycles. The number of nitrogens with one attached hydrogen (secondary N) is 1. The maximum absolute atomic E-state index is 3.48. The normalized spacial score (nSPS) is 27.6. The van der Waals surface area contributed by atoms with Crippen LogP contribution in [-0.4, -0.2) is 31.1 Å². The lowest BCUT2D eigenvalue weighted by Gasteiger charge is -2.42. The Hall–Kier alpha value is -0.860. The molecule has 0 aromatic heterocycles. The summed E-state index contributed by atoms with van der Waals surface area (Å²) in [6.07, 6.45) is 2.60. The first-order valence-corrected chi connectivity index (χ1v) is 8.24. The van der Waals surface area contributed by atoms with Crippen molar-refractivity contribution < 1.29 is 0 Å². The van der Waals surface area contributed by atoms with Crippen molar-refractivity contribution in [2.45, 2.75) is 45.6 Å². The van der Waals surface area contributed by atoms with Crippen LogP contribution in [0.4, 0.5) is 0 Å². The Balaban J connectivity index is 1.95. The Morgan fingerprint density at radius 1 is 1.20 bits per heavy atom. The fourth-order valence-electron chi connectivity index (χ4n) is 3.84. The summed E-state index contributed by atoms with van der Waals surface area (Å²) in [5.74, 6) is 1.41. The van der Waals surface area contributed by atoms with Crippen LogP contribution < -0.4 is 5.32 Å². The van der Waals surface area contributed by atoms with Crippen molar-refractivity contribution in [1.29, 1.82) is 0 Å². The zero-order valence-corrected chi connectivity index (χ0v) is 13.2. The summed E-state index contributed by atoms with van der Waals surface area (Å²) in [5.41, 5.74) is 4.71. The van der Waals surface area contributed by atoms with Crippen LogP contribution in [0.25, 0.3) is 0 Å². The van der Waals surface area contributed by atoms with Crippen LogP contribution in [-0.2, 0) is 6.42 Å². The summed E-state index contributed by atoms with van der Waals surface area (Å²) in [6, 6.07) is 7.88. The van der Waals surface area contributed by atoms with Gasteiger partial charge in [0.1, 0.15) is 0 Å². The molecule has 0 amide bonds. The quantitative estimate of drug-likeness (QED) is 0.888. The topological polar surface area (TPSA) is 15.3 Å². The molecule has 1 aromatic rings. The van der Waals surface area contributed by atoms with Gasteiger partial charge in [-0.15, -0.1) is 0 Å². The van der Waals surface area contributed by atoms with Crippen LogP contribution in [0.15, 0.2) is 18.2 Å².